The molecule has 1 aliphatic heterocycles. The van der Waals surface area contributed by atoms with Crippen molar-refractivity contribution in [1.82, 2.24) is 20.1 Å². The van der Waals surface area contributed by atoms with Crippen LogP contribution in [0.1, 0.15) is 37.6 Å². The number of para-hydroxylation sites is 1. The molecule has 1 amide bonds. The molecule has 0 aliphatic carbocycles. The van der Waals surface area contributed by atoms with E-state index in [0.29, 0.717) is 56.5 Å². The summed E-state index contributed by atoms with van der Waals surface area (Å²) < 4.78 is 5.70. The Morgan fingerprint density at radius 3 is 2.66 bits per heavy atom. The van der Waals surface area contributed by atoms with E-state index < -0.39 is 0 Å². The van der Waals surface area contributed by atoms with Gasteiger partial charge in [0.2, 0.25) is 11.8 Å². The predicted octanol–water partition coefficient (Wildman–Crippen LogP) is 2.32. The maximum atomic E-state index is 12.6. The minimum Gasteiger partial charge on any atom is -0.408 e. The molecule has 0 atom stereocenters. The SMILES string of the molecule is CC(C)c1nnc(N2CCN(C(=O)CCc3cc4ccccc4[nH]c3=O)CC2)o1. The number of nitrogens with one attached hydrogen (secondary N) is 1. The van der Waals surface area contributed by atoms with Crippen LogP contribution in [-0.2, 0) is 11.2 Å². The molecule has 3 heterocycles. The average molecular weight is 395 g/mol. The highest BCUT2D eigenvalue weighted by atomic mass is 16.4. The van der Waals surface area contributed by atoms with Gasteiger partial charge in [0.1, 0.15) is 0 Å². The molecule has 8 nitrogen and oxygen atoms in total. The number of fused-ring (bicyclic) bond motifs is 1. The zero-order valence-corrected chi connectivity index (χ0v) is 16.7. The Morgan fingerprint density at radius 1 is 1.17 bits per heavy atom. The number of pyridine rings is 1. The Bertz CT molecular complexity index is 1060. The van der Waals surface area contributed by atoms with Crippen molar-refractivity contribution in [2.24, 2.45) is 0 Å². The van der Waals surface area contributed by atoms with E-state index in [0.717, 1.165) is 10.9 Å². The molecule has 4 rings (SSSR count). The van der Waals surface area contributed by atoms with Crippen LogP contribution in [0.5, 0.6) is 0 Å². The maximum absolute atomic E-state index is 12.6. The summed E-state index contributed by atoms with van der Waals surface area (Å²) >= 11 is 0. The quantitative estimate of drug-likeness (QED) is 0.712. The van der Waals surface area contributed by atoms with Crippen LogP contribution in [0.15, 0.2) is 39.5 Å². The van der Waals surface area contributed by atoms with Gasteiger partial charge in [0.05, 0.1) is 0 Å². The molecular weight excluding hydrogens is 370 g/mol. The van der Waals surface area contributed by atoms with Crippen molar-refractivity contribution in [3.63, 3.8) is 0 Å². The summed E-state index contributed by atoms with van der Waals surface area (Å²) in [5.41, 5.74) is 1.33. The summed E-state index contributed by atoms with van der Waals surface area (Å²) in [6.45, 7) is 6.53. The van der Waals surface area contributed by atoms with Gasteiger partial charge in [-0.2, -0.15) is 0 Å². The Labute approximate surface area is 168 Å². The lowest BCUT2D eigenvalue weighted by molar-refractivity contribution is -0.131. The fraction of sp³-hybridized carbons (Fsp3) is 0.429. The molecule has 1 fully saturated rings. The lowest BCUT2D eigenvalue weighted by atomic mass is 10.1. The number of benzene rings is 1. The topological polar surface area (TPSA) is 95.3 Å². The molecular formula is C21H25N5O3. The number of hydrogen-bond donors (Lipinski definition) is 1. The van der Waals surface area contributed by atoms with Gasteiger partial charge >= 0.3 is 6.01 Å². The van der Waals surface area contributed by atoms with Crippen molar-refractivity contribution < 1.29 is 9.21 Å². The first-order valence-corrected chi connectivity index (χ1v) is 9.98. The maximum Gasteiger partial charge on any atom is 0.318 e. The second kappa shape index (κ2) is 8.06. The minimum absolute atomic E-state index is 0.0607. The highest BCUT2D eigenvalue weighted by Gasteiger charge is 2.24. The van der Waals surface area contributed by atoms with E-state index in [-0.39, 0.29) is 17.4 Å². The monoisotopic (exact) mass is 395 g/mol. The molecule has 8 heteroatoms. The number of carbonyl (C=O) groups excluding carboxylic acids is 1. The summed E-state index contributed by atoms with van der Waals surface area (Å²) in [6.07, 6.45) is 0.750. The van der Waals surface area contributed by atoms with Gasteiger partial charge in [-0.3, -0.25) is 9.59 Å². The van der Waals surface area contributed by atoms with Gasteiger partial charge in [0, 0.05) is 49.6 Å². The van der Waals surface area contributed by atoms with Gasteiger partial charge in [-0.05, 0) is 23.9 Å². The zero-order valence-electron chi connectivity index (χ0n) is 16.7. The van der Waals surface area contributed by atoms with Crippen molar-refractivity contribution in [2.45, 2.75) is 32.6 Å². The molecule has 1 saturated heterocycles. The van der Waals surface area contributed by atoms with E-state index in [2.05, 4.69) is 15.2 Å². The minimum atomic E-state index is -0.126. The highest BCUT2D eigenvalue weighted by molar-refractivity contribution is 5.79. The van der Waals surface area contributed by atoms with E-state index in [1.54, 1.807) is 0 Å². The Balaban J connectivity index is 1.33. The van der Waals surface area contributed by atoms with E-state index in [1.807, 2.05) is 54.0 Å². The van der Waals surface area contributed by atoms with Crippen LogP contribution < -0.4 is 10.5 Å². The molecule has 152 valence electrons. The first kappa shape index (κ1) is 19.2. The fourth-order valence-electron chi connectivity index (χ4n) is 3.51. The van der Waals surface area contributed by atoms with Crippen molar-refractivity contribution in [2.75, 3.05) is 31.1 Å². The van der Waals surface area contributed by atoms with Crippen LogP contribution in [0.2, 0.25) is 0 Å². The van der Waals surface area contributed by atoms with Crippen LogP contribution in [-0.4, -0.2) is 52.2 Å². The summed E-state index contributed by atoms with van der Waals surface area (Å²) in [5.74, 6) is 0.877. The Kier molecular flexibility index (Phi) is 5.33. The van der Waals surface area contributed by atoms with E-state index >= 15 is 0 Å². The summed E-state index contributed by atoms with van der Waals surface area (Å²) in [4.78, 5) is 31.6. The lowest BCUT2D eigenvalue weighted by Gasteiger charge is -2.33. The summed E-state index contributed by atoms with van der Waals surface area (Å²) in [7, 11) is 0. The Hall–Kier alpha value is -3.16. The van der Waals surface area contributed by atoms with E-state index in [9.17, 15) is 9.59 Å². The molecule has 1 aromatic carbocycles. The fourth-order valence-corrected chi connectivity index (χ4v) is 3.51. The molecule has 0 radical (unpaired) electrons. The first-order valence-electron chi connectivity index (χ1n) is 9.98. The number of anilines is 1. The molecule has 0 bridgehead atoms. The average Bonchev–Trinajstić information content (AvgIpc) is 3.23. The number of nitrogens with zero attached hydrogens (tertiary/aromatic N) is 4. The third-order valence-electron chi connectivity index (χ3n) is 5.27. The van der Waals surface area contributed by atoms with Gasteiger partial charge in [0.15, 0.2) is 0 Å². The largest absolute Gasteiger partial charge is 0.408 e. The summed E-state index contributed by atoms with van der Waals surface area (Å²) in [6, 6.07) is 10.0. The number of aryl methyl sites for hydroxylation is 1. The molecule has 0 saturated carbocycles. The van der Waals surface area contributed by atoms with Gasteiger partial charge in [-0.25, -0.2) is 0 Å². The summed E-state index contributed by atoms with van der Waals surface area (Å²) in [5, 5.41) is 9.15. The van der Waals surface area contributed by atoms with Crippen LogP contribution in [0.3, 0.4) is 0 Å². The second-order valence-corrected chi connectivity index (χ2v) is 7.66. The highest BCUT2D eigenvalue weighted by Crippen LogP contribution is 2.20. The molecule has 1 N–H and O–H groups in total. The van der Waals surface area contributed by atoms with Gasteiger partial charge in [-0.1, -0.05) is 37.1 Å². The van der Waals surface area contributed by atoms with E-state index in [1.165, 1.54) is 0 Å². The molecule has 2 aromatic heterocycles. The lowest BCUT2D eigenvalue weighted by Crippen LogP contribution is -2.49. The predicted molar refractivity (Wildman–Crippen MR) is 110 cm³/mol. The molecule has 29 heavy (non-hydrogen) atoms. The van der Waals surface area contributed by atoms with Crippen LogP contribution in [0, 0.1) is 0 Å². The third kappa shape index (κ3) is 4.16. The number of carbonyl (C=O) groups is 1. The number of hydrogen-bond acceptors (Lipinski definition) is 6. The number of aromatic nitrogens is 3. The molecule has 1 aliphatic rings. The van der Waals surface area contributed by atoms with Gasteiger partial charge < -0.3 is 19.2 Å². The van der Waals surface area contributed by atoms with Crippen molar-refractivity contribution in [1.29, 1.82) is 0 Å². The second-order valence-electron chi connectivity index (χ2n) is 7.66. The van der Waals surface area contributed by atoms with Gasteiger partial charge in [-0.15, -0.1) is 5.10 Å². The van der Waals surface area contributed by atoms with Crippen molar-refractivity contribution in [3.05, 3.63) is 52.1 Å². The van der Waals surface area contributed by atoms with Crippen molar-refractivity contribution in [3.8, 4) is 0 Å². The number of amides is 1. The zero-order chi connectivity index (χ0) is 20.4. The van der Waals surface area contributed by atoms with Crippen LogP contribution in [0.25, 0.3) is 10.9 Å². The normalized spacial score (nSPS) is 14.7. The van der Waals surface area contributed by atoms with Gasteiger partial charge in [0.25, 0.3) is 5.56 Å². The number of rotatable bonds is 5. The molecule has 0 spiro atoms. The standard InChI is InChI=1S/C21H25N5O3/c1-14(2)20-23-24-21(29-20)26-11-9-25(10-12-26)18(27)8-7-16-13-15-5-3-4-6-17(15)22-19(16)28/h3-6,13-14H,7-12H2,1-2H3,(H,22,28). The number of aromatic amines is 1. The molecule has 0 unspecified atom stereocenters. The molecule has 3 aromatic rings. The van der Waals surface area contributed by atoms with Crippen LogP contribution >= 0.6 is 0 Å². The Morgan fingerprint density at radius 2 is 1.93 bits per heavy atom. The van der Waals surface area contributed by atoms with Crippen LogP contribution in [0.4, 0.5) is 6.01 Å². The van der Waals surface area contributed by atoms with Crippen molar-refractivity contribution >= 4 is 22.8 Å². The van der Waals surface area contributed by atoms with E-state index in [4.69, 9.17) is 4.42 Å². The number of H-pyrrole nitrogens is 1. The first-order chi connectivity index (χ1) is 14.0. The number of piperazine rings is 1. The smallest absolute Gasteiger partial charge is 0.318 e. The third-order valence-corrected chi connectivity index (χ3v) is 5.27.